The molecule has 27 heavy (non-hydrogen) atoms. The maximum Gasteiger partial charge on any atom is 0.127 e. The molecule has 1 fully saturated rings. The van der Waals surface area contributed by atoms with Crippen LogP contribution in [-0.2, 0) is 11.3 Å². The fourth-order valence-electron chi connectivity index (χ4n) is 3.03. The first-order valence-corrected chi connectivity index (χ1v) is 9.66. The van der Waals surface area contributed by atoms with Gasteiger partial charge in [0.2, 0.25) is 0 Å². The van der Waals surface area contributed by atoms with Crippen LogP contribution in [0.3, 0.4) is 0 Å². The highest BCUT2D eigenvalue weighted by Crippen LogP contribution is 2.25. The molecule has 0 amide bonds. The quantitative estimate of drug-likeness (QED) is 0.569. The smallest absolute Gasteiger partial charge is 0.127 e. The van der Waals surface area contributed by atoms with Gasteiger partial charge in [-0.1, -0.05) is 23.2 Å². The highest BCUT2D eigenvalue weighted by Gasteiger charge is 2.17. The van der Waals surface area contributed by atoms with Crippen molar-refractivity contribution in [1.29, 1.82) is 0 Å². The Morgan fingerprint density at radius 1 is 1.15 bits per heavy atom. The van der Waals surface area contributed by atoms with Crippen molar-refractivity contribution in [3.8, 4) is 5.75 Å². The number of nitrogens with zero attached hydrogens (tertiary/aromatic N) is 1. The SMILES string of the molecule is COc1ccc(/C(C)=N\Nc2ccc(Cl)c(Cl)c2)cc1C[NH+]1CCOCC1. The van der Waals surface area contributed by atoms with Crippen molar-refractivity contribution in [1.82, 2.24) is 0 Å². The van der Waals surface area contributed by atoms with Crippen molar-refractivity contribution >= 4 is 34.6 Å². The molecule has 1 heterocycles. The molecule has 144 valence electrons. The summed E-state index contributed by atoms with van der Waals surface area (Å²) < 4.78 is 11.0. The molecule has 0 radical (unpaired) electrons. The van der Waals surface area contributed by atoms with Crippen LogP contribution in [0.1, 0.15) is 18.1 Å². The Morgan fingerprint density at radius 2 is 1.93 bits per heavy atom. The molecule has 5 nitrogen and oxygen atoms in total. The van der Waals surface area contributed by atoms with Gasteiger partial charge in [0.1, 0.15) is 25.4 Å². The van der Waals surface area contributed by atoms with E-state index in [2.05, 4.69) is 16.6 Å². The van der Waals surface area contributed by atoms with E-state index in [1.807, 2.05) is 25.1 Å². The Balaban J connectivity index is 1.75. The van der Waals surface area contributed by atoms with Crippen LogP contribution in [-0.4, -0.2) is 39.1 Å². The zero-order valence-electron chi connectivity index (χ0n) is 15.5. The minimum atomic E-state index is 0.495. The average molecular weight is 409 g/mol. The van der Waals surface area contributed by atoms with Crippen molar-refractivity contribution in [2.75, 3.05) is 38.8 Å². The third-order valence-corrected chi connectivity index (χ3v) is 5.35. The van der Waals surface area contributed by atoms with Crippen molar-refractivity contribution in [2.45, 2.75) is 13.5 Å². The Labute approximate surface area is 169 Å². The van der Waals surface area contributed by atoms with Gasteiger partial charge in [0, 0.05) is 5.56 Å². The second-order valence-corrected chi connectivity index (χ2v) is 7.32. The van der Waals surface area contributed by atoms with Crippen LogP contribution in [0.4, 0.5) is 5.69 Å². The summed E-state index contributed by atoms with van der Waals surface area (Å²) >= 11 is 12.0. The maximum absolute atomic E-state index is 6.05. The Hall–Kier alpha value is -1.79. The monoisotopic (exact) mass is 408 g/mol. The molecule has 0 aromatic heterocycles. The number of benzene rings is 2. The lowest BCUT2D eigenvalue weighted by Crippen LogP contribution is -3.12. The Bertz CT molecular complexity index is 821. The molecule has 0 spiro atoms. The zero-order valence-corrected chi connectivity index (χ0v) is 17.0. The van der Waals surface area contributed by atoms with Crippen molar-refractivity contribution in [3.63, 3.8) is 0 Å². The molecule has 0 aliphatic carbocycles. The van der Waals surface area contributed by atoms with Crippen LogP contribution in [0.5, 0.6) is 5.75 Å². The number of halogens is 2. The van der Waals surface area contributed by atoms with E-state index in [4.69, 9.17) is 32.7 Å². The average Bonchev–Trinajstić information content (AvgIpc) is 2.69. The second-order valence-electron chi connectivity index (χ2n) is 6.50. The normalized spacial score (nSPS) is 15.6. The molecule has 0 saturated carbocycles. The van der Waals surface area contributed by atoms with Crippen molar-refractivity contribution in [3.05, 3.63) is 57.6 Å². The van der Waals surface area contributed by atoms with E-state index in [0.29, 0.717) is 10.0 Å². The van der Waals surface area contributed by atoms with Crippen LogP contribution in [0.2, 0.25) is 10.0 Å². The van der Waals surface area contributed by atoms with Gasteiger partial charge >= 0.3 is 0 Å². The lowest BCUT2D eigenvalue weighted by Gasteiger charge is -2.24. The van der Waals surface area contributed by atoms with Crippen LogP contribution < -0.4 is 15.1 Å². The predicted molar refractivity (Wildman–Crippen MR) is 111 cm³/mol. The van der Waals surface area contributed by atoms with Gasteiger partial charge in [0.15, 0.2) is 0 Å². The van der Waals surface area contributed by atoms with Crippen LogP contribution in [0.15, 0.2) is 41.5 Å². The minimum absolute atomic E-state index is 0.495. The number of quaternary nitrogens is 1. The van der Waals surface area contributed by atoms with Crippen molar-refractivity contribution < 1.29 is 14.4 Å². The highest BCUT2D eigenvalue weighted by atomic mass is 35.5. The molecule has 2 N–H and O–H groups in total. The van der Waals surface area contributed by atoms with Crippen molar-refractivity contribution in [2.24, 2.45) is 5.10 Å². The number of nitrogens with one attached hydrogen (secondary N) is 2. The van der Waals surface area contributed by atoms with E-state index in [-0.39, 0.29) is 0 Å². The summed E-state index contributed by atoms with van der Waals surface area (Å²) in [6.07, 6.45) is 0. The number of methoxy groups -OCH3 is 1. The van der Waals surface area contributed by atoms with Gasteiger partial charge in [0.05, 0.1) is 41.8 Å². The van der Waals surface area contributed by atoms with Gasteiger partial charge in [-0.25, -0.2) is 0 Å². The predicted octanol–water partition coefficient (Wildman–Crippen LogP) is 3.25. The fraction of sp³-hybridized carbons (Fsp3) is 0.350. The first-order chi connectivity index (χ1) is 13.1. The number of hydrazone groups is 1. The number of hydrogen-bond acceptors (Lipinski definition) is 4. The molecule has 2 aromatic carbocycles. The second kappa shape index (κ2) is 9.42. The van der Waals surface area contributed by atoms with E-state index in [1.54, 1.807) is 19.2 Å². The molecule has 3 rings (SSSR count). The topological polar surface area (TPSA) is 47.3 Å². The first kappa shape index (κ1) is 20.0. The van der Waals surface area contributed by atoms with Gasteiger partial charge in [-0.2, -0.15) is 5.10 Å². The molecule has 2 aromatic rings. The van der Waals surface area contributed by atoms with E-state index in [0.717, 1.165) is 55.6 Å². The fourth-order valence-corrected chi connectivity index (χ4v) is 3.32. The van der Waals surface area contributed by atoms with Gasteiger partial charge in [-0.3, -0.25) is 5.43 Å². The van der Waals surface area contributed by atoms with E-state index < -0.39 is 0 Å². The van der Waals surface area contributed by atoms with Gasteiger partial charge < -0.3 is 14.4 Å². The first-order valence-electron chi connectivity index (χ1n) is 8.91. The number of ether oxygens (including phenoxy) is 2. The van der Waals surface area contributed by atoms with E-state index >= 15 is 0 Å². The van der Waals surface area contributed by atoms with Gasteiger partial charge in [-0.05, 0) is 48.9 Å². The third-order valence-electron chi connectivity index (χ3n) is 4.61. The zero-order chi connectivity index (χ0) is 19.2. The molecule has 0 unspecified atom stereocenters. The third kappa shape index (κ3) is 5.36. The summed E-state index contributed by atoms with van der Waals surface area (Å²) in [6.45, 7) is 6.53. The molecule has 1 aliphatic heterocycles. The van der Waals surface area contributed by atoms with Crippen LogP contribution in [0, 0.1) is 0 Å². The Kier molecular flexibility index (Phi) is 6.96. The largest absolute Gasteiger partial charge is 0.496 e. The van der Waals surface area contributed by atoms with Gasteiger partial charge in [0.25, 0.3) is 0 Å². The summed E-state index contributed by atoms with van der Waals surface area (Å²) in [5.74, 6) is 0.906. The number of morpholine rings is 1. The molecule has 1 saturated heterocycles. The summed E-state index contributed by atoms with van der Waals surface area (Å²) in [5, 5.41) is 5.49. The van der Waals surface area contributed by atoms with Crippen LogP contribution >= 0.6 is 23.2 Å². The summed E-state index contributed by atoms with van der Waals surface area (Å²) in [7, 11) is 1.71. The standard InChI is InChI=1S/C20H23Cl2N3O2/c1-14(23-24-17-4-5-18(21)19(22)12-17)15-3-6-20(26-2)16(11-15)13-25-7-9-27-10-8-25/h3-6,11-12,24H,7-10,13H2,1-2H3/p+1/b23-14-. The molecule has 1 aliphatic rings. The Morgan fingerprint density at radius 3 is 2.63 bits per heavy atom. The van der Waals surface area contributed by atoms with E-state index in [9.17, 15) is 0 Å². The molecule has 0 atom stereocenters. The maximum atomic E-state index is 6.05. The molecule has 0 bridgehead atoms. The molecule has 7 heteroatoms. The summed E-state index contributed by atoms with van der Waals surface area (Å²) in [6, 6.07) is 11.5. The highest BCUT2D eigenvalue weighted by molar-refractivity contribution is 6.42. The molecular formula is C20H24Cl2N3O2+. The number of hydrogen-bond donors (Lipinski definition) is 2. The summed E-state index contributed by atoms with van der Waals surface area (Å²) in [4.78, 5) is 1.50. The molecular weight excluding hydrogens is 385 g/mol. The summed E-state index contributed by atoms with van der Waals surface area (Å²) in [5.41, 5.74) is 6.92. The van der Waals surface area contributed by atoms with Crippen LogP contribution in [0.25, 0.3) is 0 Å². The van der Waals surface area contributed by atoms with E-state index in [1.165, 1.54) is 10.5 Å². The lowest BCUT2D eigenvalue weighted by molar-refractivity contribution is -0.921. The lowest BCUT2D eigenvalue weighted by atomic mass is 10.1. The number of anilines is 1. The minimum Gasteiger partial charge on any atom is -0.496 e. The number of rotatable bonds is 6. The van der Waals surface area contributed by atoms with Gasteiger partial charge in [-0.15, -0.1) is 0 Å².